The average molecular weight is 423 g/mol. The molecule has 3 amide bonds. The summed E-state index contributed by atoms with van der Waals surface area (Å²) in [6.45, 7) is 1.90. The van der Waals surface area contributed by atoms with Gasteiger partial charge in [0.15, 0.2) is 0 Å². The molecule has 9 nitrogen and oxygen atoms in total. The summed E-state index contributed by atoms with van der Waals surface area (Å²) in [5, 5.41) is 2.76. The van der Waals surface area contributed by atoms with Gasteiger partial charge in [0.05, 0.1) is 17.7 Å². The topological polar surface area (TPSA) is 108 Å². The molecule has 1 aliphatic heterocycles. The summed E-state index contributed by atoms with van der Waals surface area (Å²) in [6.07, 6.45) is 3.62. The number of amides is 3. The maximum Gasteiger partial charge on any atom is 0.322 e. The molecule has 1 saturated heterocycles. The van der Waals surface area contributed by atoms with Crippen molar-refractivity contribution in [3.05, 3.63) is 18.2 Å². The fraction of sp³-hybridized carbons (Fsp3) is 0.579. The second-order valence-corrected chi connectivity index (χ2v) is 9.49. The Hall–Kier alpha value is -2.33. The number of ether oxygens (including phenoxy) is 1. The number of methoxy groups -OCH3 is 1. The second kappa shape index (κ2) is 7.83. The molecule has 0 bridgehead atoms. The third-order valence-electron chi connectivity index (χ3n) is 5.43. The Kier molecular flexibility index (Phi) is 5.39. The lowest BCUT2D eigenvalue weighted by molar-refractivity contribution is -0.133. The van der Waals surface area contributed by atoms with Crippen LogP contribution in [-0.2, 0) is 14.8 Å². The maximum atomic E-state index is 12.7. The predicted molar refractivity (Wildman–Crippen MR) is 106 cm³/mol. The van der Waals surface area contributed by atoms with Crippen LogP contribution in [-0.4, -0.2) is 69.5 Å². The van der Waals surface area contributed by atoms with Crippen LogP contribution >= 0.6 is 0 Å². The molecule has 2 saturated carbocycles. The standard InChI is InChI=1S/C19H26N4O5S/c1-28-17-7-6-15(29(26,27)21-14-4-5-14)12-16(17)20-19(25)23-10-8-22(9-11-23)18(24)13-2-3-13/h6-7,12-14,21H,2-5,8-11H2,1H3,(H,20,25). The minimum Gasteiger partial charge on any atom is -0.495 e. The van der Waals surface area contributed by atoms with Crippen LogP contribution < -0.4 is 14.8 Å². The molecular formula is C19H26N4O5S. The van der Waals surface area contributed by atoms with Gasteiger partial charge >= 0.3 is 6.03 Å². The number of benzene rings is 1. The van der Waals surface area contributed by atoms with E-state index in [0.717, 1.165) is 25.7 Å². The molecule has 0 atom stereocenters. The van der Waals surface area contributed by atoms with E-state index >= 15 is 0 Å². The van der Waals surface area contributed by atoms with E-state index in [-0.39, 0.29) is 28.8 Å². The van der Waals surface area contributed by atoms with Gasteiger partial charge in [0, 0.05) is 38.1 Å². The summed E-state index contributed by atoms with van der Waals surface area (Å²) in [7, 11) is -2.18. The highest BCUT2D eigenvalue weighted by atomic mass is 32.2. The molecule has 0 aromatic heterocycles. The van der Waals surface area contributed by atoms with Gasteiger partial charge in [-0.15, -0.1) is 0 Å². The Bertz CT molecular complexity index is 903. The minimum absolute atomic E-state index is 0.00483. The fourth-order valence-corrected chi connectivity index (χ4v) is 4.68. The smallest absolute Gasteiger partial charge is 0.322 e. The molecule has 29 heavy (non-hydrogen) atoms. The van der Waals surface area contributed by atoms with Gasteiger partial charge in [-0.1, -0.05) is 0 Å². The lowest BCUT2D eigenvalue weighted by Crippen LogP contribution is -2.52. The van der Waals surface area contributed by atoms with E-state index in [1.807, 2.05) is 4.90 Å². The Morgan fingerprint density at radius 3 is 2.28 bits per heavy atom. The molecule has 0 spiro atoms. The molecule has 1 aromatic rings. The first-order valence-electron chi connectivity index (χ1n) is 9.92. The van der Waals surface area contributed by atoms with Gasteiger partial charge in [0.25, 0.3) is 0 Å². The van der Waals surface area contributed by atoms with Gasteiger partial charge in [0.1, 0.15) is 5.75 Å². The zero-order chi connectivity index (χ0) is 20.6. The van der Waals surface area contributed by atoms with Crippen LogP contribution in [0.2, 0.25) is 0 Å². The molecule has 158 valence electrons. The molecule has 0 unspecified atom stereocenters. The van der Waals surface area contributed by atoms with Gasteiger partial charge in [0.2, 0.25) is 15.9 Å². The molecule has 3 fully saturated rings. The van der Waals surface area contributed by atoms with E-state index in [4.69, 9.17) is 4.74 Å². The number of urea groups is 1. The van der Waals surface area contributed by atoms with E-state index in [2.05, 4.69) is 10.0 Å². The van der Waals surface area contributed by atoms with E-state index in [0.29, 0.717) is 37.6 Å². The van der Waals surface area contributed by atoms with Crippen molar-refractivity contribution in [2.45, 2.75) is 36.6 Å². The Labute approximate surface area is 170 Å². The zero-order valence-corrected chi connectivity index (χ0v) is 17.2. The predicted octanol–water partition coefficient (Wildman–Crippen LogP) is 1.22. The van der Waals surface area contributed by atoms with Crippen LogP contribution in [0.3, 0.4) is 0 Å². The highest BCUT2D eigenvalue weighted by molar-refractivity contribution is 7.89. The molecule has 2 N–H and O–H groups in total. The van der Waals surface area contributed by atoms with Crippen molar-refractivity contribution in [3.8, 4) is 5.75 Å². The number of hydrogen-bond donors (Lipinski definition) is 2. The summed E-state index contributed by atoms with van der Waals surface area (Å²) in [6, 6.07) is 4.06. The molecule has 3 aliphatic rings. The van der Waals surface area contributed by atoms with Crippen LogP contribution in [0.4, 0.5) is 10.5 Å². The van der Waals surface area contributed by atoms with Crippen LogP contribution in [0.5, 0.6) is 5.75 Å². The number of hydrogen-bond acceptors (Lipinski definition) is 5. The van der Waals surface area contributed by atoms with E-state index in [1.165, 1.54) is 25.3 Å². The summed E-state index contributed by atoms with van der Waals surface area (Å²) in [5.74, 6) is 0.743. The lowest BCUT2D eigenvalue weighted by atomic mass is 10.2. The van der Waals surface area contributed by atoms with Crippen molar-refractivity contribution < 1.29 is 22.7 Å². The SMILES string of the molecule is COc1ccc(S(=O)(=O)NC2CC2)cc1NC(=O)N1CCN(C(=O)C2CC2)CC1. The fourth-order valence-electron chi connectivity index (χ4n) is 3.35. The van der Waals surface area contributed by atoms with Crippen molar-refractivity contribution in [1.29, 1.82) is 0 Å². The molecule has 2 aliphatic carbocycles. The molecule has 1 heterocycles. The molecule has 10 heteroatoms. The van der Waals surface area contributed by atoms with Crippen molar-refractivity contribution in [1.82, 2.24) is 14.5 Å². The molecule has 1 aromatic carbocycles. The summed E-state index contributed by atoms with van der Waals surface area (Å²) < 4.78 is 32.8. The van der Waals surface area contributed by atoms with E-state index < -0.39 is 10.0 Å². The molecular weight excluding hydrogens is 396 g/mol. The van der Waals surface area contributed by atoms with Gasteiger partial charge in [-0.05, 0) is 43.9 Å². The average Bonchev–Trinajstić information content (AvgIpc) is 3.62. The van der Waals surface area contributed by atoms with Gasteiger partial charge < -0.3 is 19.9 Å². The van der Waals surface area contributed by atoms with Crippen LogP contribution in [0.1, 0.15) is 25.7 Å². The third kappa shape index (κ3) is 4.64. The Morgan fingerprint density at radius 2 is 1.69 bits per heavy atom. The first kappa shape index (κ1) is 20.0. The Morgan fingerprint density at radius 1 is 1.03 bits per heavy atom. The summed E-state index contributed by atoms with van der Waals surface area (Å²) in [5.41, 5.74) is 0.299. The third-order valence-corrected chi connectivity index (χ3v) is 6.95. The number of anilines is 1. The van der Waals surface area contributed by atoms with Crippen molar-refractivity contribution in [2.24, 2.45) is 5.92 Å². The zero-order valence-electron chi connectivity index (χ0n) is 16.4. The number of nitrogens with one attached hydrogen (secondary N) is 2. The molecule has 0 radical (unpaired) electrons. The minimum atomic E-state index is -3.64. The Balaban J connectivity index is 1.41. The first-order valence-corrected chi connectivity index (χ1v) is 11.4. The highest BCUT2D eigenvalue weighted by Crippen LogP contribution is 2.32. The largest absolute Gasteiger partial charge is 0.495 e. The maximum absolute atomic E-state index is 12.7. The molecule has 4 rings (SSSR count). The first-order chi connectivity index (χ1) is 13.9. The number of nitrogens with zero attached hydrogens (tertiary/aromatic N) is 2. The second-order valence-electron chi connectivity index (χ2n) is 7.77. The monoisotopic (exact) mass is 422 g/mol. The van der Waals surface area contributed by atoms with Crippen molar-refractivity contribution in [2.75, 3.05) is 38.6 Å². The van der Waals surface area contributed by atoms with Gasteiger partial charge in [-0.2, -0.15) is 0 Å². The lowest BCUT2D eigenvalue weighted by Gasteiger charge is -2.35. The number of piperazine rings is 1. The number of rotatable bonds is 6. The van der Waals surface area contributed by atoms with E-state index in [9.17, 15) is 18.0 Å². The van der Waals surface area contributed by atoms with Crippen LogP contribution in [0.25, 0.3) is 0 Å². The number of sulfonamides is 1. The van der Waals surface area contributed by atoms with E-state index in [1.54, 1.807) is 4.90 Å². The van der Waals surface area contributed by atoms with Crippen molar-refractivity contribution in [3.63, 3.8) is 0 Å². The quantitative estimate of drug-likeness (QED) is 0.717. The number of carbonyl (C=O) groups is 2. The normalized spacial score (nSPS) is 19.8. The summed E-state index contributed by atoms with van der Waals surface area (Å²) >= 11 is 0. The van der Waals surface area contributed by atoms with Crippen LogP contribution in [0.15, 0.2) is 23.1 Å². The van der Waals surface area contributed by atoms with Crippen LogP contribution in [0, 0.1) is 5.92 Å². The number of carbonyl (C=O) groups excluding carboxylic acids is 2. The summed E-state index contributed by atoms with van der Waals surface area (Å²) in [4.78, 5) is 28.4. The van der Waals surface area contributed by atoms with Gasteiger partial charge in [-0.3, -0.25) is 4.79 Å². The van der Waals surface area contributed by atoms with Crippen molar-refractivity contribution >= 4 is 27.6 Å². The van der Waals surface area contributed by atoms with Gasteiger partial charge in [-0.25, -0.2) is 17.9 Å². The highest BCUT2D eigenvalue weighted by Gasteiger charge is 2.35.